The highest BCUT2D eigenvalue weighted by Crippen LogP contribution is 2.20. The van der Waals surface area contributed by atoms with Gasteiger partial charge >= 0.3 is 5.97 Å². The molecule has 1 aromatic rings. The van der Waals surface area contributed by atoms with E-state index in [-0.39, 0.29) is 18.7 Å². The van der Waals surface area contributed by atoms with Crippen molar-refractivity contribution in [1.82, 2.24) is 15.5 Å². The van der Waals surface area contributed by atoms with E-state index in [4.69, 9.17) is 5.73 Å². The third kappa shape index (κ3) is 6.68. The molecule has 0 aliphatic carbocycles. The standard InChI is InChI=1S/C21H30N4O6S/c1-12(26)17(24-18(27)14(22)11-32)20(29)25-9-5-8-16(25)19(28)23-15(21(30)31)10-13-6-3-2-4-7-13/h2-4,6-7,12,14-17,26,32H,5,8-11,22H2,1H3,(H,23,28)(H,24,27)(H,30,31). The average molecular weight is 467 g/mol. The van der Waals surface area contributed by atoms with E-state index in [0.717, 1.165) is 5.56 Å². The maximum Gasteiger partial charge on any atom is 0.326 e. The zero-order valence-electron chi connectivity index (χ0n) is 17.8. The van der Waals surface area contributed by atoms with Crippen molar-refractivity contribution >= 4 is 36.3 Å². The number of benzene rings is 1. The summed E-state index contributed by atoms with van der Waals surface area (Å²) in [5.74, 6) is -3.00. The summed E-state index contributed by atoms with van der Waals surface area (Å²) < 4.78 is 0. The van der Waals surface area contributed by atoms with Gasteiger partial charge in [0.25, 0.3) is 0 Å². The van der Waals surface area contributed by atoms with Crippen LogP contribution < -0.4 is 16.4 Å². The van der Waals surface area contributed by atoms with Gasteiger partial charge in [-0.2, -0.15) is 12.6 Å². The molecule has 1 aliphatic rings. The van der Waals surface area contributed by atoms with E-state index in [9.17, 15) is 29.4 Å². The van der Waals surface area contributed by atoms with Crippen LogP contribution in [0.4, 0.5) is 0 Å². The van der Waals surface area contributed by atoms with Crippen molar-refractivity contribution in [1.29, 1.82) is 0 Å². The molecule has 1 aliphatic heterocycles. The zero-order valence-corrected chi connectivity index (χ0v) is 18.7. The van der Waals surface area contributed by atoms with Gasteiger partial charge in [-0.05, 0) is 25.3 Å². The van der Waals surface area contributed by atoms with Gasteiger partial charge in [-0.25, -0.2) is 4.79 Å². The van der Waals surface area contributed by atoms with Gasteiger partial charge in [0.2, 0.25) is 17.7 Å². The Hall–Kier alpha value is -2.63. The Kier molecular flexibility index (Phi) is 9.48. The minimum atomic E-state index is -1.29. The lowest BCUT2D eigenvalue weighted by molar-refractivity contribution is -0.146. The first-order chi connectivity index (χ1) is 15.1. The number of carbonyl (C=O) groups is 4. The number of rotatable bonds is 10. The van der Waals surface area contributed by atoms with Crippen LogP contribution in [0.1, 0.15) is 25.3 Å². The Labute approximate surface area is 191 Å². The highest BCUT2D eigenvalue weighted by molar-refractivity contribution is 7.80. The maximum atomic E-state index is 13.1. The molecular formula is C21H30N4O6S. The predicted octanol–water partition coefficient (Wildman–Crippen LogP) is -1.09. The number of nitrogens with one attached hydrogen (secondary N) is 2. The molecule has 1 saturated heterocycles. The Morgan fingerprint density at radius 1 is 1.22 bits per heavy atom. The zero-order chi connectivity index (χ0) is 23.8. The summed E-state index contributed by atoms with van der Waals surface area (Å²) in [5.41, 5.74) is 6.37. The van der Waals surface area contributed by atoms with Gasteiger partial charge < -0.3 is 31.5 Å². The lowest BCUT2D eigenvalue weighted by Gasteiger charge is -2.31. The number of hydrogen-bond acceptors (Lipinski definition) is 7. The Morgan fingerprint density at radius 2 is 1.88 bits per heavy atom. The average Bonchev–Trinajstić information content (AvgIpc) is 3.26. The summed E-state index contributed by atoms with van der Waals surface area (Å²) in [5, 5.41) is 24.5. The molecule has 10 nitrogen and oxygen atoms in total. The smallest absolute Gasteiger partial charge is 0.326 e. The molecule has 176 valence electrons. The van der Waals surface area contributed by atoms with Gasteiger partial charge in [0.05, 0.1) is 12.1 Å². The number of likely N-dealkylation sites (tertiary alicyclic amines) is 1. The Morgan fingerprint density at radius 3 is 2.44 bits per heavy atom. The van der Waals surface area contributed by atoms with Crippen LogP contribution in [0.25, 0.3) is 0 Å². The van der Waals surface area contributed by atoms with Gasteiger partial charge in [-0.1, -0.05) is 30.3 Å². The lowest BCUT2D eigenvalue weighted by atomic mass is 10.0. The monoisotopic (exact) mass is 466 g/mol. The van der Waals surface area contributed by atoms with E-state index in [0.29, 0.717) is 12.8 Å². The quantitative estimate of drug-likeness (QED) is 0.239. The SMILES string of the molecule is CC(O)C(NC(=O)C(N)CS)C(=O)N1CCCC1C(=O)NC(Cc1ccccc1)C(=O)O. The molecule has 0 aromatic heterocycles. The van der Waals surface area contributed by atoms with Crippen molar-refractivity contribution in [3.63, 3.8) is 0 Å². The van der Waals surface area contributed by atoms with Crippen molar-refractivity contribution in [2.75, 3.05) is 12.3 Å². The fourth-order valence-electron chi connectivity index (χ4n) is 3.53. The van der Waals surface area contributed by atoms with Crippen LogP contribution in [-0.2, 0) is 25.6 Å². The van der Waals surface area contributed by atoms with Crippen molar-refractivity contribution in [3.05, 3.63) is 35.9 Å². The molecule has 11 heteroatoms. The molecular weight excluding hydrogens is 436 g/mol. The van der Waals surface area contributed by atoms with Crippen LogP contribution in [0.5, 0.6) is 0 Å². The lowest BCUT2D eigenvalue weighted by Crippen LogP contribution is -2.59. The van der Waals surface area contributed by atoms with Gasteiger partial charge in [0.15, 0.2) is 0 Å². The number of amides is 3. The fraction of sp³-hybridized carbons (Fsp3) is 0.524. The summed E-state index contributed by atoms with van der Waals surface area (Å²) in [4.78, 5) is 51.0. The van der Waals surface area contributed by atoms with E-state index >= 15 is 0 Å². The number of carboxylic acids is 1. The second-order valence-electron chi connectivity index (χ2n) is 7.79. The molecule has 0 saturated carbocycles. The maximum absolute atomic E-state index is 13.1. The topological polar surface area (TPSA) is 162 Å². The summed E-state index contributed by atoms with van der Waals surface area (Å²) in [7, 11) is 0. The van der Waals surface area contributed by atoms with Crippen molar-refractivity contribution in [2.24, 2.45) is 5.73 Å². The number of carboxylic acid groups (broad SMARTS) is 1. The summed E-state index contributed by atoms with van der Waals surface area (Å²) >= 11 is 3.95. The first-order valence-electron chi connectivity index (χ1n) is 10.4. The molecule has 1 fully saturated rings. The second-order valence-corrected chi connectivity index (χ2v) is 8.16. The minimum absolute atomic E-state index is 0.0549. The van der Waals surface area contributed by atoms with Crippen LogP contribution in [0.2, 0.25) is 0 Å². The van der Waals surface area contributed by atoms with Crippen LogP contribution in [0.15, 0.2) is 30.3 Å². The van der Waals surface area contributed by atoms with E-state index in [1.807, 2.05) is 0 Å². The van der Waals surface area contributed by atoms with E-state index < -0.39 is 54.0 Å². The number of aliphatic hydroxyl groups is 1. The summed E-state index contributed by atoms with van der Waals surface area (Å²) in [6.45, 7) is 1.59. The second kappa shape index (κ2) is 11.8. The highest BCUT2D eigenvalue weighted by Gasteiger charge is 2.40. The minimum Gasteiger partial charge on any atom is -0.480 e. The van der Waals surface area contributed by atoms with Crippen molar-refractivity contribution < 1.29 is 29.4 Å². The molecule has 32 heavy (non-hydrogen) atoms. The fourth-order valence-corrected chi connectivity index (χ4v) is 3.70. The van der Waals surface area contributed by atoms with Crippen LogP contribution in [-0.4, -0.2) is 81.4 Å². The number of nitrogens with two attached hydrogens (primary N) is 1. The molecule has 1 aromatic carbocycles. The molecule has 0 bridgehead atoms. The molecule has 3 amide bonds. The molecule has 6 N–H and O–H groups in total. The van der Waals surface area contributed by atoms with Gasteiger partial charge in [0, 0.05) is 18.7 Å². The first-order valence-corrected chi connectivity index (χ1v) is 11.0. The molecule has 2 rings (SSSR count). The number of nitrogens with zero attached hydrogens (tertiary/aromatic N) is 1. The Balaban J connectivity index is 2.11. The number of aliphatic carboxylic acids is 1. The van der Waals surface area contributed by atoms with Crippen LogP contribution in [0, 0.1) is 0 Å². The predicted molar refractivity (Wildman–Crippen MR) is 120 cm³/mol. The summed E-state index contributed by atoms with van der Waals surface area (Å²) in [6.07, 6.45) is -0.271. The van der Waals surface area contributed by atoms with E-state index in [1.165, 1.54) is 11.8 Å². The number of carbonyl (C=O) groups excluding carboxylic acids is 3. The van der Waals surface area contributed by atoms with E-state index in [2.05, 4.69) is 23.3 Å². The molecule has 1 heterocycles. The normalized spacial score (nSPS) is 19.5. The van der Waals surface area contributed by atoms with Crippen LogP contribution in [0.3, 0.4) is 0 Å². The van der Waals surface area contributed by atoms with Gasteiger partial charge in [-0.15, -0.1) is 0 Å². The third-order valence-electron chi connectivity index (χ3n) is 5.32. The third-order valence-corrected chi connectivity index (χ3v) is 5.71. The largest absolute Gasteiger partial charge is 0.480 e. The van der Waals surface area contributed by atoms with Crippen molar-refractivity contribution in [3.8, 4) is 0 Å². The summed E-state index contributed by atoms with van der Waals surface area (Å²) in [6, 6.07) is 4.56. The number of hydrogen-bond donors (Lipinski definition) is 6. The molecule has 5 unspecified atom stereocenters. The van der Waals surface area contributed by atoms with Crippen LogP contribution >= 0.6 is 12.6 Å². The highest BCUT2D eigenvalue weighted by atomic mass is 32.1. The number of aliphatic hydroxyl groups excluding tert-OH is 1. The number of thiol groups is 1. The molecule has 0 spiro atoms. The molecule has 5 atom stereocenters. The first kappa shape index (κ1) is 25.6. The Bertz CT molecular complexity index is 822. The van der Waals surface area contributed by atoms with Gasteiger partial charge in [0.1, 0.15) is 18.1 Å². The van der Waals surface area contributed by atoms with Gasteiger partial charge in [-0.3, -0.25) is 14.4 Å². The van der Waals surface area contributed by atoms with Crippen molar-refractivity contribution in [2.45, 2.75) is 56.5 Å². The van der Waals surface area contributed by atoms with E-state index in [1.54, 1.807) is 30.3 Å². The molecule has 0 radical (unpaired) electrons.